The van der Waals surface area contributed by atoms with Crippen LogP contribution in [0.15, 0.2) is 36.5 Å². The fourth-order valence-electron chi connectivity index (χ4n) is 1.87. The lowest BCUT2D eigenvalue weighted by Gasteiger charge is -2.08. The summed E-state index contributed by atoms with van der Waals surface area (Å²) in [7, 11) is 0. The van der Waals surface area contributed by atoms with Crippen LogP contribution in [0.3, 0.4) is 0 Å². The number of nitrogen functional groups attached to an aromatic ring is 1. The Bertz CT molecular complexity index is 613. The monoisotopic (exact) mass is 275 g/mol. The number of nitrogens with two attached hydrogens (primary N) is 2. The van der Waals surface area contributed by atoms with Crippen LogP contribution in [0.5, 0.6) is 0 Å². The van der Waals surface area contributed by atoms with Crippen molar-refractivity contribution in [3.8, 4) is 0 Å². The van der Waals surface area contributed by atoms with Gasteiger partial charge in [0, 0.05) is 19.2 Å². The molecule has 0 saturated heterocycles. The van der Waals surface area contributed by atoms with Crippen molar-refractivity contribution in [1.29, 1.82) is 0 Å². The first-order valence-corrected chi connectivity index (χ1v) is 6.20. The maximum atomic E-state index is 12.2. The van der Waals surface area contributed by atoms with Gasteiger partial charge in [-0.15, -0.1) is 0 Å². The Morgan fingerprint density at radius 2 is 1.95 bits per heavy atom. The Morgan fingerprint density at radius 1 is 1.26 bits per heavy atom. The van der Waals surface area contributed by atoms with E-state index in [0.717, 1.165) is 11.1 Å². The van der Waals surface area contributed by atoms with Crippen molar-refractivity contribution in [3.05, 3.63) is 58.2 Å². The second kappa shape index (κ2) is 5.82. The Kier molecular flexibility index (Phi) is 4.14. The molecular weight excluding hydrogens is 262 g/mol. The number of carbonyl (C=O) groups excluding carboxylic acids is 1. The third kappa shape index (κ3) is 3.10. The van der Waals surface area contributed by atoms with Gasteiger partial charge in [-0.05, 0) is 17.2 Å². The van der Waals surface area contributed by atoms with Gasteiger partial charge in [0.25, 0.3) is 0 Å². The van der Waals surface area contributed by atoms with Crippen molar-refractivity contribution in [3.63, 3.8) is 0 Å². The largest absolute Gasteiger partial charge is 0.383 e. The Hall–Kier alpha value is -1.91. The number of anilines is 1. The van der Waals surface area contributed by atoms with Crippen LogP contribution in [-0.4, -0.2) is 10.8 Å². The first kappa shape index (κ1) is 13.5. The number of aromatic nitrogens is 1. The molecule has 0 amide bonds. The fraction of sp³-hybridized carbons (Fsp3) is 0.143. The number of halogens is 1. The van der Waals surface area contributed by atoms with Crippen LogP contribution in [0, 0.1) is 0 Å². The van der Waals surface area contributed by atoms with Gasteiger partial charge in [0.1, 0.15) is 5.82 Å². The molecule has 0 fully saturated rings. The first-order chi connectivity index (χ1) is 9.11. The second-order valence-electron chi connectivity index (χ2n) is 4.16. The number of benzene rings is 1. The van der Waals surface area contributed by atoms with E-state index in [1.165, 1.54) is 12.3 Å². The van der Waals surface area contributed by atoms with E-state index in [1.54, 1.807) is 0 Å². The average molecular weight is 276 g/mol. The van der Waals surface area contributed by atoms with Gasteiger partial charge in [-0.3, -0.25) is 4.79 Å². The topological polar surface area (TPSA) is 82.0 Å². The molecule has 0 aliphatic heterocycles. The second-order valence-corrected chi connectivity index (χ2v) is 4.60. The molecule has 0 radical (unpaired) electrons. The number of hydrogen-bond donors (Lipinski definition) is 2. The molecule has 0 aliphatic carbocycles. The van der Waals surface area contributed by atoms with Gasteiger partial charge in [0.15, 0.2) is 5.78 Å². The number of pyridine rings is 1. The molecule has 1 aromatic heterocycles. The van der Waals surface area contributed by atoms with E-state index in [4.69, 9.17) is 23.1 Å². The van der Waals surface area contributed by atoms with Crippen LogP contribution in [0.25, 0.3) is 0 Å². The van der Waals surface area contributed by atoms with Crippen molar-refractivity contribution in [2.75, 3.05) is 5.73 Å². The molecule has 2 aromatic rings. The van der Waals surface area contributed by atoms with Crippen LogP contribution in [0.4, 0.5) is 5.82 Å². The predicted molar refractivity (Wildman–Crippen MR) is 76.0 cm³/mol. The summed E-state index contributed by atoms with van der Waals surface area (Å²) in [5, 5.41) is 0.393. The number of ketones is 1. The minimum absolute atomic E-state index is 0.117. The van der Waals surface area contributed by atoms with E-state index in [-0.39, 0.29) is 18.0 Å². The van der Waals surface area contributed by atoms with Crippen molar-refractivity contribution in [1.82, 2.24) is 4.98 Å². The van der Waals surface area contributed by atoms with Crippen LogP contribution in [0.2, 0.25) is 5.02 Å². The minimum Gasteiger partial charge on any atom is -0.383 e. The molecule has 0 aliphatic rings. The molecule has 0 unspecified atom stereocenters. The molecule has 2 rings (SSSR count). The van der Waals surface area contributed by atoms with Crippen LogP contribution < -0.4 is 11.5 Å². The highest BCUT2D eigenvalue weighted by atomic mass is 35.5. The summed E-state index contributed by atoms with van der Waals surface area (Å²) in [6.45, 7) is 0.396. The van der Waals surface area contributed by atoms with E-state index in [9.17, 15) is 4.79 Å². The van der Waals surface area contributed by atoms with E-state index in [1.807, 2.05) is 24.3 Å². The summed E-state index contributed by atoms with van der Waals surface area (Å²) in [4.78, 5) is 16.1. The molecule has 0 bridgehead atoms. The molecule has 1 heterocycles. The van der Waals surface area contributed by atoms with Crippen LogP contribution >= 0.6 is 11.6 Å². The number of rotatable bonds is 4. The van der Waals surface area contributed by atoms with Crippen LogP contribution in [-0.2, 0) is 13.0 Å². The zero-order valence-corrected chi connectivity index (χ0v) is 11.0. The maximum absolute atomic E-state index is 12.2. The lowest BCUT2D eigenvalue weighted by Crippen LogP contribution is -2.11. The summed E-state index contributed by atoms with van der Waals surface area (Å²) >= 11 is 5.83. The molecule has 0 atom stereocenters. The molecular formula is C14H14ClN3O. The Balaban J connectivity index is 2.28. The van der Waals surface area contributed by atoms with Gasteiger partial charge in [0.2, 0.25) is 0 Å². The van der Waals surface area contributed by atoms with Gasteiger partial charge < -0.3 is 11.5 Å². The standard InChI is InChI=1S/C14H14ClN3O/c15-11-6-12(14(17)18-8-11)13(19)5-9-3-1-2-4-10(9)7-16/h1-4,6,8H,5,7,16H2,(H2,17,18). The third-order valence-electron chi connectivity index (χ3n) is 2.87. The van der Waals surface area contributed by atoms with E-state index >= 15 is 0 Å². The summed E-state index contributed by atoms with van der Waals surface area (Å²) in [6, 6.07) is 9.10. The zero-order chi connectivity index (χ0) is 13.8. The van der Waals surface area contributed by atoms with E-state index in [0.29, 0.717) is 17.1 Å². The maximum Gasteiger partial charge on any atom is 0.170 e. The SMILES string of the molecule is NCc1ccccc1CC(=O)c1cc(Cl)cnc1N. The number of nitrogens with zero attached hydrogens (tertiary/aromatic N) is 1. The van der Waals surface area contributed by atoms with E-state index in [2.05, 4.69) is 4.98 Å². The number of carbonyl (C=O) groups is 1. The summed E-state index contributed by atoms with van der Waals surface area (Å²) in [6.07, 6.45) is 1.65. The van der Waals surface area contributed by atoms with Crippen molar-refractivity contribution < 1.29 is 4.79 Å². The highest BCUT2D eigenvalue weighted by Gasteiger charge is 2.13. The van der Waals surface area contributed by atoms with Crippen LogP contribution in [0.1, 0.15) is 21.5 Å². The minimum atomic E-state index is -0.117. The lowest BCUT2D eigenvalue weighted by molar-refractivity contribution is 0.0993. The molecule has 19 heavy (non-hydrogen) atoms. The summed E-state index contributed by atoms with van der Waals surface area (Å²) in [5.41, 5.74) is 13.5. The van der Waals surface area contributed by atoms with Gasteiger partial charge in [-0.25, -0.2) is 4.98 Å². The van der Waals surface area contributed by atoms with Gasteiger partial charge in [-0.1, -0.05) is 35.9 Å². The fourth-order valence-corrected chi connectivity index (χ4v) is 2.03. The quantitative estimate of drug-likeness (QED) is 0.838. The Labute approximate surface area is 116 Å². The zero-order valence-electron chi connectivity index (χ0n) is 10.3. The van der Waals surface area contributed by atoms with Gasteiger partial charge in [-0.2, -0.15) is 0 Å². The van der Waals surface area contributed by atoms with Crippen molar-refractivity contribution in [2.24, 2.45) is 5.73 Å². The number of hydrogen-bond acceptors (Lipinski definition) is 4. The van der Waals surface area contributed by atoms with Crippen molar-refractivity contribution in [2.45, 2.75) is 13.0 Å². The Morgan fingerprint density at radius 3 is 2.63 bits per heavy atom. The van der Waals surface area contributed by atoms with Crippen molar-refractivity contribution >= 4 is 23.2 Å². The first-order valence-electron chi connectivity index (χ1n) is 5.83. The molecule has 4 nitrogen and oxygen atoms in total. The summed E-state index contributed by atoms with van der Waals surface area (Å²) < 4.78 is 0. The normalized spacial score (nSPS) is 10.4. The molecule has 1 aromatic carbocycles. The molecule has 0 spiro atoms. The van der Waals surface area contributed by atoms with E-state index < -0.39 is 0 Å². The highest BCUT2D eigenvalue weighted by Crippen LogP contribution is 2.18. The molecule has 0 saturated carbocycles. The highest BCUT2D eigenvalue weighted by molar-refractivity contribution is 6.31. The molecule has 4 N–H and O–H groups in total. The molecule has 98 valence electrons. The smallest absolute Gasteiger partial charge is 0.170 e. The van der Waals surface area contributed by atoms with Gasteiger partial charge >= 0.3 is 0 Å². The molecule has 5 heteroatoms. The van der Waals surface area contributed by atoms with Gasteiger partial charge in [0.05, 0.1) is 10.6 Å². The predicted octanol–water partition coefficient (Wildman–Crippen LogP) is 2.20. The lowest BCUT2D eigenvalue weighted by atomic mass is 9.99. The summed E-state index contributed by atoms with van der Waals surface area (Å²) in [5.74, 6) is 0.0769. The third-order valence-corrected chi connectivity index (χ3v) is 3.08. The average Bonchev–Trinajstić information content (AvgIpc) is 2.42. The number of Topliss-reactive ketones (excluding diaryl/α,β-unsaturated/α-hetero) is 1.